The normalized spacial score (nSPS) is 11.6. The maximum absolute atomic E-state index is 12.6. The van der Waals surface area contributed by atoms with Crippen LogP contribution in [0.4, 0.5) is 17.6 Å². The van der Waals surface area contributed by atoms with Crippen LogP contribution in [0.3, 0.4) is 0 Å². The van der Waals surface area contributed by atoms with Crippen molar-refractivity contribution >= 4 is 51.0 Å². The van der Waals surface area contributed by atoms with Gasteiger partial charge in [0, 0.05) is 30.0 Å². The highest BCUT2D eigenvalue weighted by Crippen LogP contribution is 2.23. The van der Waals surface area contributed by atoms with Crippen molar-refractivity contribution in [2.75, 3.05) is 24.1 Å². The first-order valence-electron chi connectivity index (χ1n) is 9.43. The maximum Gasteiger partial charge on any atom is 0.244 e. The number of hydrogen-bond acceptors (Lipinski definition) is 9. The molecule has 2 aromatic heterocycles. The Hall–Kier alpha value is -2.47. The molecule has 0 saturated carbocycles. The number of pyridine rings is 1. The van der Waals surface area contributed by atoms with Gasteiger partial charge in [-0.15, -0.1) is 0 Å². The van der Waals surface area contributed by atoms with E-state index in [1.165, 1.54) is 22.3 Å². The summed E-state index contributed by atoms with van der Waals surface area (Å²) in [6, 6.07) is 10.3. The molecule has 3 aromatic rings. The van der Waals surface area contributed by atoms with Crippen molar-refractivity contribution in [2.45, 2.75) is 29.5 Å². The molecule has 0 amide bonds. The molecule has 0 unspecified atom stereocenters. The molecule has 164 valence electrons. The third kappa shape index (κ3) is 6.03. The molecule has 0 radical (unpaired) electrons. The zero-order chi connectivity index (χ0) is 22.4. The van der Waals surface area contributed by atoms with Crippen molar-refractivity contribution in [3.8, 4) is 0 Å². The predicted octanol–water partition coefficient (Wildman–Crippen LogP) is 3.57. The van der Waals surface area contributed by atoms with Gasteiger partial charge in [0.05, 0.1) is 10.8 Å². The van der Waals surface area contributed by atoms with Crippen LogP contribution in [-0.4, -0.2) is 45.7 Å². The van der Waals surface area contributed by atoms with Crippen molar-refractivity contribution in [3.05, 3.63) is 53.4 Å². The lowest BCUT2D eigenvalue weighted by Gasteiger charge is -2.18. The Labute approximate surface area is 190 Å². The van der Waals surface area contributed by atoms with Crippen molar-refractivity contribution in [3.63, 3.8) is 0 Å². The molecule has 3 N–H and O–H groups in total. The first kappa shape index (κ1) is 23.2. The summed E-state index contributed by atoms with van der Waals surface area (Å²) in [7, 11) is -3.53. The molecular weight excluding hydrogens is 458 g/mol. The third-order valence-corrected chi connectivity index (χ3v) is 7.43. The first-order chi connectivity index (χ1) is 14.8. The van der Waals surface area contributed by atoms with Gasteiger partial charge in [0.1, 0.15) is 10.7 Å². The third-order valence-electron chi connectivity index (χ3n) is 4.20. The van der Waals surface area contributed by atoms with Crippen LogP contribution < -0.4 is 11.1 Å². The second-order valence-corrected chi connectivity index (χ2v) is 9.65. The smallest absolute Gasteiger partial charge is 0.244 e. The Kier molecular flexibility index (Phi) is 7.65. The minimum absolute atomic E-state index is 0.0932. The number of halogens is 1. The van der Waals surface area contributed by atoms with Crippen LogP contribution in [0.15, 0.2) is 52.5 Å². The Morgan fingerprint density at radius 2 is 1.77 bits per heavy atom. The lowest BCUT2D eigenvalue weighted by atomic mass is 10.3. The SMILES string of the molecule is CCN(CC)S(=O)(=O)c1ccc(SCc2nc(N)nc(Nc3ccc(Cl)cc3)n2)nc1. The van der Waals surface area contributed by atoms with E-state index >= 15 is 0 Å². The average molecular weight is 480 g/mol. The summed E-state index contributed by atoms with van der Waals surface area (Å²) >= 11 is 7.26. The summed E-state index contributed by atoms with van der Waals surface area (Å²) in [5.41, 5.74) is 6.57. The Morgan fingerprint density at radius 3 is 2.39 bits per heavy atom. The fourth-order valence-electron chi connectivity index (χ4n) is 2.68. The number of nitrogens with two attached hydrogens (primary N) is 1. The quantitative estimate of drug-likeness (QED) is 0.442. The largest absolute Gasteiger partial charge is 0.368 e. The monoisotopic (exact) mass is 479 g/mol. The molecule has 3 rings (SSSR count). The number of rotatable bonds is 9. The van der Waals surface area contributed by atoms with E-state index in [9.17, 15) is 8.42 Å². The predicted molar refractivity (Wildman–Crippen MR) is 123 cm³/mol. The van der Waals surface area contributed by atoms with Gasteiger partial charge in [-0.25, -0.2) is 13.4 Å². The summed E-state index contributed by atoms with van der Waals surface area (Å²) in [6.07, 6.45) is 1.37. The Morgan fingerprint density at radius 1 is 1.06 bits per heavy atom. The number of aromatic nitrogens is 4. The number of nitrogens with zero attached hydrogens (tertiary/aromatic N) is 5. The molecule has 0 aliphatic heterocycles. The molecule has 0 bridgehead atoms. The zero-order valence-electron chi connectivity index (χ0n) is 17.0. The minimum Gasteiger partial charge on any atom is -0.368 e. The highest BCUT2D eigenvalue weighted by atomic mass is 35.5. The lowest BCUT2D eigenvalue weighted by Crippen LogP contribution is -2.30. The van der Waals surface area contributed by atoms with Crippen LogP contribution in [0.2, 0.25) is 5.02 Å². The number of nitrogen functional groups attached to an aromatic ring is 1. The van der Waals surface area contributed by atoms with Gasteiger partial charge in [-0.05, 0) is 36.4 Å². The standard InChI is InChI=1S/C19H22ClN7O2S2/c1-3-27(4-2)31(28,29)15-9-10-17(22-11-15)30-12-16-24-18(21)26-19(25-16)23-14-7-5-13(20)6-8-14/h5-11H,3-4,12H2,1-2H3,(H3,21,23,24,25,26). The maximum atomic E-state index is 12.6. The van der Waals surface area contributed by atoms with Gasteiger partial charge < -0.3 is 11.1 Å². The molecule has 0 saturated heterocycles. The van der Waals surface area contributed by atoms with Gasteiger partial charge in [-0.1, -0.05) is 37.2 Å². The number of nitrogens with one attached hydrogen (secondary N) is 1. The van der Waals surface area contributed by atoms with Crippen molar-refractivity contribution in [1.29, 1.82) is 0 Å². The lowest BCUT2D eigenvalue weighted by molar-refractivity contribution is 0.445. The molecule has 0 aliphatic carbocycles. The Balaban J connectivity index is 1.68. The fraction of sp³-hybridized carbons (Fsp3) is 0.263. The van der Waals surface area contributed by atoms with Gasteiger partial charge in [0.25, 0.3) is 0 Å². The van der Waals surface area contributed by atoms with Gasteiger partial charge in [-0.3, -0.25) is 0 Å². The number of hydrogen-bond donors (Lipinski definition) is 2. The highest BCUT2D eigenvalue weighted by molar-refractivity contribution is 7.98. The van der Waals surface area contributed by atoms with E-state index in [1.807, 2.05) is 0 Å². The van der Waals surface area contributed by atoms with E-state index in [-0.39, 0.29) is 10.8 Å². The molecule has 0 atom stereocenters. The molecular formula is C19H22ClN7O2S2. The Bertz CT molecular complexity index is 1120. The van der Waals surface area contributed by atoms with Crippen molar-refractivity contribution in [2.24, 2.45) is 0 Å². The second kappa shape index (κ2) is 10.2. The molecule has 0 spiro atoms. The minimum atomic E-state index is -3.53. The number of thioether (sulfide) groups is 1. The molecule has 12 heteroatoms. The van der Waals surface area contributed by atoms with Gasteiger partial charge in [-0.2, -0.15) is 19.3 Å². The molecule has 31 heavy (non-hydrogen) atoms. The van der Waals surface area contributed by atoms with Crippen LogP contribution in [0.5, 0.6) is 0 Å². The van der Waals surface area contributed by atoms with E-state index < -0.39 is 10.0 Å². The van der Waals surface area contributed by atoms with E-state index in [0.29, 0.717) is 40.7 Å². The molecule has 9 nitrogen and oxygen atoms in total. The van der Waals surface area contributed by atoms with Crippen LogP contribution in [-0.2, 0) is 15.8 Å². The molecule has 0 aliphatic rings. The topological polar surface area (TPSA) is 127 Å². The van der Waals surface area contributed by atoms with Gasteiger partial charge in [0.15, 0.2) is 0 Å². The average Bonchev–Trinajstić information content (AvgIpc) is 2.74. The van der Waals surface area contributed by atoms with Gasteiger partial charge >= 0.3 is 0 Å². The summed E-state index contributed by atoms with van der Waals surface area (Å²) in [6.45, 7) is 4.41. The second-order valence-electron chi connectivity index (χ2n) is 6.28. The number of sulfonamides is 1. The molecule has 1 aromatic carbocycles. The van der Waals surface area contributed by atoms with Crippen LogP contribution in [0.25, 0.3) is 0 Å². The van der Waals surface area contributed by atoms with Crippen LogP contribution in [0.1, 0.15) is 19.7 Å². The molecule has 0 fully saturated rings. The van der Waals surface area contributed by atoms with Crippen LogP contribution in [0, 0.1) is 0 Å². The summed E-state index contributed by atoms with van der Waals surface area (Å²) in [5.74, 6) is 1.27. The highest BCUT2D eigenvalue weighted by Gasteiger charge is 2.21. The number of benzene rings is 1. The molecule has 2 heterocycles. The van der Waals surface area contributed by atoms with Gasteiger partial charge in [0.2, 0.25) is 21.9 Å². The van der Waals surface area contributed by atoms with Crippen molar-refractivity contribution in [1.82, 2.24) is 24.2 Å². The zero-order valence-corrected chi connectivity index (χ0v) is 19.4. The summed E-state index contributed by atoms with van der Waals surface area (Å²) in [4.78, 5) is 17.0. The van der Waals surface area contributed by atoms with E-state index in [4.69, 9.17) is 17.3 Å². The van der Waals surface area contributed by atoms with E-state index in [2.05, 4.69) is 25.3 Å². The first-order valence-corrected chi connectivity index (χ1v) is 12.2. The van der Waals surface area contributed by atoms with E-state index in [0.717, 1.165) is 5.69 Å². The van der Waals surface area contributed by atoms with E-state index in [1.54, 1.807) is 50.2 Å². The number of anilines is 3. The van der Waals surface area contributed by atoms with Crippen LogP contribution >= 0.6 is 23.4 Å². The summed E-state index contributed by atoms with van der Waals surface area (Å²) in [5, 5.41) is 4.33. The van der Waals surface area contributed by atoms with Crippen molar-refractivity contribution < 1.29 is 8.42 Å². The fourth-order valence-corrected chi connectivity index (χ4v) is 4.90. The summed E-state index contributed by atoms with van der Waals surface area (Å²) < 4.78 is 26.5.